The molecule has 2 N–H and O–H groups in total. The molecule has 0 aromatic heterocycles. The number of halogens is 3. The van der Waals surface area contributed by atoms with Crippen molar-refractivity contribution in [3.05, 3.63) is 0 Å². The molecular formula is C21H38F3NO4. The topological polar surface area (TPSA) is 75.6 Å². The number of aliphatic hydroxyl groups is 1. The molecule has 0 saturated heterocycles. The van der Waals surface area contributed by atoms with Crippen LogP contribution in [-0.4, -0.2) is 42.4 Å². The maximum absolute atomic E-state index is 12.2. The van der Waals surface area contributed by atoms with Gasteiger partial charge in [-0.1, -0.05) is 84.0 Å². The second-order valence-electron chi connectivity index (χ2n) is 7.53. The summed E-state index contributed by atoms with van der Waals surface area (Å²) >= 11 is 0. The third-order valence-corrected chi connectivity index (χ3v) is 4.74. The highest BCUT2D eigenvalue weighted by Crippen LogP contribution is 2.15. The van der Waals surface area contributed by atoms with Crippen LogP contribution in [0.4, 0.5) is 13.2 Å². The Hall–Kier alpha value is -1.31. The summed E-state index contributed by atoms with van der Waals surface area (Å²) in [6.45, 7) is 1.00. The zero-order chi connectivity index (χ0) is 22.0. The van der Waals surface area contributed by atoms with Gasteiger partial charge in [-0.3, -0.25) is 9.59 Å². The highest BCUT2D eigenvalue weighted by atomic mass is 19.4. The number of hydrogen-bond acceptors (Lipinski definition) is 4. The molecule has 0 rings (SSSR count). The number of alkyl halides is 3. The fourth-order valence-electron chi connectivity index (χ4n) is 2.96. The molecule has 1 atom stereocenters. The van der Waals surface area contributed by atoms with Crippen molar-refractivity contribution in [1.82, 2.24) is 5.32 Å². The normalized spacial score (nSPS) is 12.6. The number of esters is 1. The van der Waals surface area contributed by atoms with Crippen molar-refractivity contribution in [2.24, 2.45) is 0 Å². The number of aliphatic hydroxyl groups excluding tert-OH is 1. The molecule has 0 aliphatic carbocycles. The SMILES string of the molecule is CCCCCCCCCCCCCCCC(=O)OCC(CO)NC(=O)C(F)(F)F. The van der Waals surface area contributed by atoms with Gasteiger partial charge in [-0.2, -0.15) is 13.2 Å². The van der Waals surface area contributed by atoms with Gasteiger partial charge in [0.05, 0.1) is 12.6 Å². The van der Waals surface area contributed by atoms with Crippen LogP contribution in [0.2, 0.25) is 0 Å². The molecule has 0 saturated carbocycles. The molecule has 0 bridgehead atoms. The van der Waals surface area contributed by atoms with Crippen molar-refractivity contribution >= 4 is 11.9 Å². The van der Waals surface area contributed by atoms with Gasteiger partial charge >= 0.3 is 18.1 Å². The van der Waals surface area contributed by atoms with E-state index in [0.29, 0.717) is 6.42 Å². The summed E-state index contributed by atoms with van der Waals surface area (Å²) in [5.74, 6) is -2.70. The van der Waals surface area contributed by atoms with Gasteiger partial charge < -0.3 is 15.2 Å². The van der Waals surface area contributed by atoms with Crippen molar-refractivity contribution in [2.45, 2.75) is 109 Å². The highest BCUT2D eigenvalue weighted by Gasteiger charge is 2.39. The Morgan fingerprint density at radius 2 is 1.31 bits per heavy atom. The molecule has 1 unspecified atom stereocenters. The van der Waals surface area contributed by atoms with E-state index in [0.717, 1.165) is 19.3 Å². The predicted octanol–water partition coefficient (Wildman–Crippen LogP) is 5.05. The molecule has 8 heteroatoms. The second kappa shape index (κ2) is 17.5. The van der Waals surface area contributed by atoms with Crippen LogP contribution >= 0.6 is 0 Å². The summed E-state index contributed by atoms with van der Waals surface area (Å²) in [5, 5.41) is 10.6. The van der Waals surface area contributed by atoms with E-state index in [1.165, 1.54) is 57.8 Å². The molecule has 0 aromatic carbocycles. The van der Waals surface area contributed by atoms with Crippen molar-refractivity contribution in [3.63, 3.8) is 0 Å². The van der Waals surface area contributed by atoms with Gasteiger partial charge in [-0.05, 0) is 6.42 Å². The number of unbranched alkanes of at least 4 members (excludes halogenated alkanes) is 12. The van der Waals surface area contributed by atoms with E-state index >= 15 is 0 Å². The minimum absolute atomic E-state index is 0.184. The summed E-state index contributed by atoms with van der Waals surface area (Å²) in [7, 11) is 0. The molecule has 29 heavy (non-hydrogen) atoms. The fourth-order valence-corrected chi connectivity index (χ4v) is 2.96. The van der Waals surface area contributed by atoms with Gasteiger partial charge in [0, 0.05) is 6.42 Å². The van der Waals surface area contributed by atoms with E-state index in [4.69, 9.17) is 9.84 Å². The number of amides is 1. The van der Waals surface area contributed by atoms with E-state index in [1.54, 1.807) is 5.32 Å². The Morgan fingerprint density at radius 3 is 1.72 bits per heavy atom. The average molecular weight is 426 g/mol. The van der Waals surface area contributed by atoms with Gasteiger partial charge in [0.1, 0.15) is 6.61 Å². The van der Waals surface area contributed by atoms with Crippen molar-refractivity contribution in [2.75, 3.05) is 13.2 Å². The Kier molecular flexibility index (Phi) is 16.7. The number of carbonyl (C=O) groups excluding carboxylic acids is 2. The van der Waals surface area contributed by atoms with Crippen molar-refractivity contribution in [3.8, 4) is 0 Å². The molecule has 0 aromatic rings. The summed E-state index contributed by atoms with van der Waals surface area (Å²) < 4.78 is 41.3. The van der Waals surface area contributed by atoms with Crippen molar-refractivity contribution < 1.29 is 32.6 Å². The highest BCUT2D eigenvalue weighted by molar-refractivity contribution is 5.82. The molecule has 0 aliphatic rings. The van der Waals surface area contributed by atoms with Gasteiger partial charge in [-0.15, -0.1) is 0 Å². The van der Waals surface area contributed by atoms with E-state index in [1.807, 2.05) is 0 Å². The van der Waals surface area contributed by atoms with Crippen LogP contribution in [0.15, 0.2) is 0 Å². The van der Waals surface area contributed by atoms with Crippen LogP contribution in [-0.2, 0) is 14.3 Å². The Morgan fingerprint density at radius 1 is 0.862 bits per heavy atom. The maximum Gasteiger partial charge on any atom is 0.471 e. The first-order valence-electron chi connectivity index (χ1n) is 11.0. The number of hydrogen-bond donors (Lipinski definition) is 2. The van der Waals surface area contributed by atoms with Crippen LogP contribution < -0.4 is 5.32 Å². The number of nitrogens with one attached hydrogen (secondary N) is 1. The maximum atomic E-state index is 12.2. The Balaban J connectivity index is 3.54. The smallest absolute Gasteiger partial charge is 0.463 e. The quantitative estimate of drug-likeness (QED) is 0.238. The third-order valence-electron chi connectivity index (χ3n) is 4.74. The molecular weight excluding hydrogens is 387 g/mol. The first-order valence-corrected chi connectivity index (χ1v) is 11.0. The number of ether oxygens (including phenoxy) is 1. The predicted molar refractivity (Wildman–Crippen MR) is 106 cm³/mol. The largest absolute Gasteiger partial charge is 0.471 e. The van der Waals surface area contributed by atoms with E-state index in [9.17, 15) is 22.8 Å². The molecule has 0 aliphatic heterocycles. The Labute approximate surface area is 172 Å². The lowest BCUT2D eigenvalue weighted by atomic mass is 10.0. The van der Waals surface area contributed by atoms with Gasteiger partial charge in [0.25, 0.3) is 0 Å². The summed E-state index contributed by atoms with van der Waals surface area (Å²) in [4.78, 5) is 22.4. The number of rotatable bonds is 18. The standard InChI is InChI=1S/C21H38F3NO4/c1-2-3-4-5-6-7-8-9-10-11-12-13-14-15-19(27)29-17-18(16-26)25-20(28)21(22,23)24/h18,26H,2-17H2,1H3,(H,25,28). The van der Waals surface area contributed by atoms with E-state index < -0.39 is 37.3 Å². The van der Waals surface area contributed by atoms with Crippen molar-refractivity contribution in [1.29, 1.82) is 0 Å². The number of carbonyl (C=O) groups is 2. The Bertz CT molecular complexity index is 431. The summed E-state index contributed by atoms with van der Waals surface area (Å²) in [6.07, 6.45) is 10.6. The van der Waals surface area contributed by atoms with Gasteiger partial charge in [-0.25, -0.2) is 0 Å². The third kappa shape index (κ3) is 17.3. The van der Waals surface area contributed by atoms with E-state index in [-0.39, 0.29) is 6.42 Å². The molecule has 1 amide bonds. The van der Waals surface area contributed by atoms with Crippen LogP contribution in [0, 0.1) is 0 Å². The van der Waals surface area contributed by atoms with Gasteiger partial charge in [0.15, 0.2) is 0 Å². The molecule has 0 fully saturated rings. The summed E-state index contributed by atoms with van der Waals surface area (Å²) in [6, 6.07) is -1.26. The second-order valence-corrected chi connectivity index (χ2v) is 7.53. The van der Waals surface area contributed by atoms with E-state index in [2.05, 4.69) is 6.92 Å². The average Bonchev–Trinajstić information content (AvgIpc) is 2.67. The van der Waals surface area contributed by atoms with Gasteiger partial charge in [0.2, 0.25) is 0 Å². The summed E-state index contributed by atoms with van der Waals surface area (Å²) in [5.41, 5.74) is 0. The monoisotopic (exact) mass is 425 g/mol. The van der Waals surface area contributed by atoms with Crippen LogP contribution in [0.3, 0.4) is 0 Å². The molecule has 0 spiro atoms. The molecule has 0 radical (unpaired) electrons. The molecule has 172 valence electrons. The fraction of sp³-hybridized carbons (Fsp3) is 0.905. The van der Waals surface area contributed by atoms with Crippen LogP contribution in [0.5, 0.6) is 0 Å². The zero-order valence-corrected chi connectivity index (χ0v) is 17.7. The molecule has 5 nitrogen and oxygen atoms in total. The zero-order valence-electron chi connectivity index (χ0n) is 17.7. The minimum Gasteiger partial charge on any atom is -0.463 e. The van der Waals surface area contributed by atoms with Crippen LogP contribution in [0.1, 0.15) is 96.8 Å². The first-order chi connectivity index (χ1) is 13.8. The lowest BCUT2D eigenvalue weighted by Gasteiger charge is -2.17. The first kappa shape index (κ1) is 27.7. The molecule has 0 heterocycles. The lowest BCUT2D eigenvalue weighted by molar-refractivity contribution is -0.175. The minimum atomic E-state index is -5.04. The lowest BCUT2D eigenvalue weighted by Crippen LogP contribution is -2.47. The van der Waals surface area contributed by atoms with Crippen LogP contribution in [0.25, 0.3) is 0 Å².